The molecule has 0 aliphatic rings. The highest BCUT2D eigenvalue weighted by Crippen LogP contribution is 2.31. The van der Waals surface area contributed by atoms with Gasteiger partial charge in [-0.15, -0.1) is 23.1 Å². The van der Waals surface area contributed by atoms with Crippen LogP contribution in [-0.4, -0.2) is 16.7 Å². The third-order valence-corrected chi connectivity index (χ3v) is 5.31. The Balaban J connectivity index is 1.71. The number of benzene rings is 1. The molecule has 2 nitrogen and oxygen atoms in total. The smallest absolute Gasteiger partial charge is 0.123 e. The number of nitrogens with zero attached hydrogens (tertiary/aromatic N) is 1. The van der Waals surface area contributed by atoms with E-state index in [2.05, 4.69) is 34.6 Å². The molecule has 102 valence electrons. The first-order valence-corrected chi connectivity index (χ1v) is 8.39. The molecule has 1 aromatic carbocycles. The first kappa shape index (κ1) is 13.6. The monoisotopic (exact) mass is 301 g/mol. The summed E-state index contributed by atoms with van der Waals surface area (Å²) < 4.78 is 0. The van der Waals surface area contributed by atoms with E-state index in [4.69, 9.17) is 0 Å². The normalized spacial score (nSPS) is 12.7. The maximum atomic E-state index is 9.56. The Morgan fingerprint density at radius 3 is 2.85 bits per heavy atom. The fraction of sp³-hybridized carbons (Fsp3) is 0.188. The van der Waals surface area contributed by atoms with Gasteiger partial charge in [0, 0.05) is 17.3 Å². The lowest BCUT2D eigenvalue weighted by molar-refractivity contribution is 0.296. The van der Waals surface area contributed by atoms with E-state index in [0.717, 1.165) is 10.6 Å². The summed E-state index contributed by atoms with van der Waals surface area (Å²) in [6, 6.07) is 14.4. The van der Waals surface area contributed by atoms with Gasteiger partial charge in [0.1, 0.15) is 4.83 Å². The number of pyridine rings is 1. The highest BCUT2D eigenvalue weighted by molar-refractivity contribution is 7.98. The van der Waals surface area contributed by atoms with Gasteiger partial charge in [0.05, 0.1) is 11.9 Å². The van der Waals surface area contributed by atoms with E-state index in [1.807, 2.05) is 24.4 Å². The van der Waals surface area contributed by atoms with Crippen LogP contribution < -0.4 is 0 Å². The summed E-state index contributed by atoms with van der Waals surface area (Å²) in [6.45, 7) is 0.156. The van der Waals surface area contributed by atoms with Crippen molar-refractivity contribution in [1.82, 2.24) is 4.98 Å². The molecular formula is C16H15NOS2. The van der Waals surface area contributed by atoms with Crippen LogP contribution in [0.1, 0.15) is 16.4 Å². The van der Waals surface area contributed by atoms with Crippen molar-refractivity contribution < 1.29 is 5.11 Å². The molecule has 0 saturated carbocycles. The van der Waals surface area contributed by atoms with Gasteiger partial charge in [-0.1, -0.05) is 30.3 Å². The third kappa shape index (κ3) is 3.03. The van der Waals surface area contributed by atoms with Crippen LogP contribution in [0, 0.1) is 0 Å². The van der Waals surface area contributed by atoms with Crippen molar-refractivity contribution in [3.63, 3.8) is 0 Å². The van der Waals surface area contributed by atoms with E-state index in [1.54, 1.807) is 23.1 Å². The Labute approximate surface area is 126 Å². The Morgan fingerprint density at radius 1 is 1.20 bits per heavy atom. The van der Waals surface area contributed by atoms with Gasteiger partial charge in [-0.05, 0) is 28.6 Å². The molecule has 0 aliphatic heterocycles. The largest absolute Gasteiger partial charge is 0.395 e. The fourth-order valence-electron chi connectivity index (χ4n) is 2.10. The van der Waals surface area contributed by atoms with Crippen LogP contribution in [0.3, 0.4) is 0 Å². The summed E-state index contributed by atoms with van der Waals surface area (Å²) >= 11 is 3.42. The molecular weight excluding hydrogens is 286 g/mol. The van der Waals surface area contributed by atoms with Gasteiger partial charge in [0.2, 0.25) is 0 Å². The minimum Gasteiger partial charge on any atom is -0.395 e. The fourth-order valence-corrected chi connectivity index (χ4v) is 3.83. The molecule has 0 fully saturated rings. The van der Waals surface area contributed by atoms with Crippen molar-refractivity contribution in [3.05, 3.63) is 65.2 Å². The molecule has 1 unspecified atom stereocenters. The van der Waals surface area contributed by atoms with Crippen LogP contribution in [0.4, 0.5) is 0 Å². The zero-order valence-corrected chi connectivity index (χ0v) is 12.5. The maximum absolute atomic E-state index is 9.56. The Kier molecular flexibility index (Phi) is 4.35. The molecule has 1 N–H and O–H groups in total. The molecule has 4 heteroatoms. The second-order valence-corrected chi connectivity index (χ2v) is 6.64. The quantitative estimate of drug-likeness (QED) is 0.764. The van der Waals surface area contributed by atoms with Gasteiger partial charge in [-0.25, -0.2) is 4.98 Å². The average Bonchev–Trinajstić information content (AvgIpc) is 2.96. The van der Waals surface area contributed by atoms with Crippen LogP contribution in [-0.2, 0) is 5.75 Å². The van der Waals surface area contributed by atoms with Crippen molar-refractivity contribution in [2.45, 2.75) is 11.0 Å². The standard InChI is InChI=1S/C16H15NOS2/c18-10-15(13-4-2-1-3-5-13)20-11-12-8-14-6-7-19-16(14)17-9-12/h1-9,15,18H,10-11H2. The summed E-state index contributed by atoms with van der Waals surface area (Å²) in [5, 5.41) is 12.9. The number of hydrogen-bond donors (Lipinski definition) is 1. The number of rotatable bonds is 5. The number of aliphatic hydroxyl groups excluding tert-OH is 1. The van der Waals surface area contributed by atoms with Crippen molar-refractivity contribution in [3.8, 4) is 0 Å². The van der Waals surface area contributed by atoms with E-state index in [9.17, 15) is 5.11 Å². The lowest BCUT2D eigenvalue weighted by Gasteiger charge is -2.14. The van der Waals surface area contributed by atoms with Gasteiger partial charge in [0.15, 0.2) is 0 Å². The molecule has 20 heavy (non-hydrogen) atoms. The Bertz CT molecular complexity index is 681. The zero-order chi connectivity index (χ0) is 13.8. The van der Waals surface area contributed by atoms with Crippen LogP contribution in [0.2, 0.25) is 0 Å². The summed E-state index contributed by atoms with van der Waals surface area (Å²) in [6.07, 6.45) is 1.94. The van der Waals surface area contributed by atoms with E-state index in [0.29, 0.717) is 0 Å². The van der Waals surface area contributed by atoms with Crippen molar-refractivity contribution in [2.24, 2.45) is 0 Å². The van der Waals surface area contributed by atoms with Crippen molar-refractivity contribution >= 4 is 33.3 Å². The van der Waals surface area contributed by atoms with E-state index >= 15 is 0 Å². The lowest BCUT2D eigenvalue weighted by Crippen LogP contribution is -2.00. The predicted octanol–water partition coefficient (Wildman–Crippen LogP) is 4.26. The van der Waals surface area contributed by atoms with E-state index in [-0.39, 0.29) is 11.9 Å². The molecule has 0 spiro atoms. The third-order valence-electron chi connectivity index (χ3n) is 3.15. The van der Waals surface area contributed by atoms with Crippen LogP contribution in [0.15, 0.2) is 54.0 Å². The SMILES string of the molecule is OCC(SCc1cnc2sccc2c1)c1ccccc1. The molecule has 3 aromatic rings. The topological polar surface area (TPSA) is 33.1 Å². The van der Waals surface area contributed by atoms with Crippen molar-refractivity contribution in [1.29, 1.82) is 0 Å². The number of thiophene rings is 1. The molecule has 2 heterocycles. The Hall–Kier alpha value is -1.36. The lowest BCUT2D eigenvalue weighted by atomic mass is 10.2. The molecule has 3 rings (SSSR count). The molecule has 1 atom stereocenters. The molecule has 0 radical (unpaired) electrons. The zero-order valence-electron chi connectivity index (χ0n) is 10.9. The minimum atomic E-state index is 0.120. The molecule has 2 aromatic heterocycles. The maximum Gasteiger partial charge on any atom is 0.123 e. The number of hydrogen-bond acceptors (Lipinski definition) is 4. The molecule has 0 aliphatic carbocycles. The summed E-state index contributed by atoms with van der Waals surface area (Å²) in [7, 11) is 0. The molecule has 0 saturated heterocycles. The first-order valence-electron chi connectivity index (χ1n) is 6.46. The van der Waals surface area contributed by atoms with Crippen LogP contribution in [0.25, 0.3) is 10.2 Å². The highest BCUT2D eigenvalue weighted by atomic mass is 32.2. The van der Waals surface area contributed by atoms with Gasteiger partial charge >= 0.3 is 0 Å². The van der Waals surface area contributed by atoms with Gasteiger partial charge in [0.25, 0.3) is 0 Å². The molecule has 0 amide bonds. The predicted molar refractivity (Wildman–Crippen MR) is 87.2 cm³/mol. The highest BCUT2D eigenvalue weighted by Gasteiger charge is 2.11. The van der Waals surface area contributed by atoms with Gasteiger partial charge in [-0.2, -0.15) is 0 Å². The Morgan fingerprint density at radius 2 is 2.05 bits per heavy atom. The number of aromatic nitrogens is 1. The molecule has 0 bridgehead atoms. The number of fused-ring (bicyclic) bond motifs is 1. The summed E-state index contributed by atoms with van der Waals surface area (Å²) in [4.78, 5) is 5.54. The van der Waals surface area contributed by atoms with Gasteiger partial charge in [-0.3, -0.25) is 0 Å². The van der Waals surface area contributed by atoms with Gasteiger partial charge < -0.3 is 5.11 Å². The van der Waals surface area contributed by atoms with E-state index < -0.39 is 0 Å². The van der Waals surface area contributed by atoms with Crippen LogP contribution >= 0.6 is 23.1 Å². The van der Waals surface area contributed by atoms with E-state index in [1.165, 1.54) is 16.5 Å². The average molecular weight is 301 g/mol. The minimum absolute atomic E-state index is 0.120. The summed E-state index contributed by atoms with van der Waals surface area (Å²) in [5.41, 5.74) is 2.37. The number of thioether (sulfide) groups is 1. The summed E-state index contributed by atoms with van der Waals surface area (Å²) in [5.74, 6) is 0.860. The second-order valence-electron chi connectivity index (χ2n) is 4.55. The number of aliphatic hydroxyl groups is 1. The van der Waals surface area contributed by atoms with Crippen LogP contribution in [0.5, 0.6) is 0 Å². The first-order chi connectivity index (χ1) is 9.86. The second kappa shape index (κ2) is 6.39. The van der Waals surface area contributed by atoms with Crippen molar-refractivity contribution in [2.75, 3.05) is 6.61 Å².